The van der Waals surface area contributed by atoms with Crippen molar-refractivity contribution in [2.24, 2.45) is 0 Å². The summed E-state index contributed by atoms with van der Waals surface area (Å²) in [6, 6.07) is 27.7. The van der Waals surface area contributed by atoms with Crippen molar-refractivity contribution in [3.05, 3.63) is 84.9 Å². The summed E-state index contributed by atoms with van der Waals surface area (Å²) >= 11 is -4.38. The van der Waals surface area contributed by atoms with Gasteiger partial charge in [-0.1, -0.05) is 0 Å². The first-order valence-electron chi connectivity index (χ1n) is 9.48. The number of nitrogens with zero attached hydrogens (tertiary/aromatic N) is 1. The zero-order chi connectivity index (χ0) is 19.2. The van der Waals surface area contributed by atoms with E-state index in [9.17, 15) is 0 Å². The van der Waals surface area contributed by atoms with Gasteiger partial charge in [0, 0.05) is 0 Å². The van der Waals surface area contributed by atoms with Crippen molar-refractivity contribution in [3.63, 3.8) is 0 Å². The molecular weight excluding hydrogens is 472 g/mol. The van der Waals surface area contributed by atoms with Crippen molar-refractivity contribution in [2.45, 2.75) is 0 Å². The number of hydrogen-bond acceptors (Lipinski definition) is 4. The van der Waals surface area contributed by atoms with Crippen LogP contribution in [0.3, 0.4) is 0 Å². The second-order valence-corrected chi connectivity index (χ2v) is 14.6. The molecule has 29 heavy (non-hydrogen) atoms. The predicted octanol–water partition coefficient (Wildman–Crippen LogP) is 4.08. The van der Waals surface area contributed by atoms with Gasteiger partial charge < -0.3 is 0 Å². The van der Waals surface area contributed by atoms with Gasteiger partial charge in [-0.15, -0.1) is 0 Å². The average Bonchev–Trinajstić information content (AvgIpc) is 2.74. The fourth-order valence-corrected chi connectivity index (χ4v) is 14.4. The van der Waals surface area contributed by atoms with Gasteiger partial charge in [-0.25, -0.2) is 0 Å². The Hall–Kier alpha value is -3.10. The van der Waals surface area contributed by atoms with E-state index in [-0.39, 0.29) is 0 Å². The Labute approximate surface area is 171 Å². The molecule has 7 rings (SSSR count). The van der Waals surface area contributed by atoms with Crippen molar-refractivity contribution in [1.29, 1.82) is 0 Å². The first kappa shape index (κ1) is 15.8. The van der Waals surface area contributed by atoms with Crippen LogP contribution in [0.1, 0.15) is 0 Å². The third kappa shape index (κ3) is 1.81. The van der Waals surface area contributed by atoms with Crippen LogP contribution in [0.5, 0.6) is 23.0 Å². The van der Waals surface area contributed by atoms with Crippen molar-refractivity contribution < 1.29 is 12.5 Å². The molecule has 3 aliphatic heterocycles. The summed E-state index contributed by atoms with van der Waals surface area (Å²) in [6.07, 6.45) is 0. The van der Waals surface area contributed by atoms with Crippen LogP contribution in [0.15, 0.2) is 84.9 Å². The molecule has 3 aliphatic rings. The molecule has 0 unspecified atom stereocenters. The fourth-order valence-electron chi connectivity index (χ4n) is 4.71. The first-order valence-corrected chi connectivity index (χ1v) is 14.4. The molecule has 0 aliphatic carbocycles. The molecule has 0 amide bonds. The summed E-state index contributed by atoms with van der Waals surface area (Å²) in [5.74, 6) is 2.69. The van der Waals surface area contributed by atoms with E-state index in [2.05, 4.69) is 17.0 Å². The maximum atomic E-state index is 15.1. The number of anilines is 3. The Bertz CT molecular complexity index is 1320. The van der Waals surface area contributed by atoms with Gasteiger partial charge in [-0.05, 0) is 0 Å². The van der Waals surface area contributed by atoms with Crippen molar-refractivity contribution >= 4 is 46.4 Å². The molecule has 3 heterocycles. The van der Waals surface area contributed by atoms with Crippen LogP contribution < -0.4 is 24.9 Å². The number of hydrogen-bond donors (Lipinski definition) is 0. The molecule has 0 spiro atoms. The van der Waals surface area contributed by atoms with Gasteiger partial charge in [0.2, 0.25) is 0 Å². The predicted molar refractivity (Wildman–Crippen MR) is 113 cm³/mol. The number of rotatable bonds is 1. The van der Waals surface area contributed by atoms with Gasteiger partial charge in [-0.3, -0.25) is 0 Å². The third-order valence-corrected chi connectivity index (χ3v) is 15.0. The Morgan fingerprint density at radius 2 is 1.03 bits per heavy atom. The van der Waals surface area contributed by atoms with Crippen molar-refractivity contribution in [2.75, 3.05) is 4.90 Å². The normalized spacial score (nSPS) is 15.8. The van der Waals surface area contributed by atoms with Crippen molar-refractivity contribution in [1.82, 2.24) is 0 Å². The second-order valence-electron chi connectivity index (χ2n) is 7.34. The Morgan fingerprint density at radius 3 is 1.59 bits per heavy atom. The molecular formula is C24H14NO3Sb. The average molecular weight is 486 g/mol. The first-order chi connectivity index (χ1) is 14.3. The van der Waals surface area contributed by atoms with E-state index in [1.807, 2.05) is 72.8 Å². The Kier molecular flexibility index (Phi) is 2.87. The second kappa shape index (κ2) is 5.28. The van der Waals surface area contributed by atoms with E-state index in [1.54, 1.807) is 0 Å². The quantitative estimate of drug-likeness (QED) is 0.328. The molecule has 0 radical (unpaired) electrons. The molecule has 0 bridgehead atoms. The Morgan fingerprint density at radius 1 is 0.552 bits per heavy atom. The topological polar surface area (TPSA) is 38.8 Å². The standard InChI is InChI=1S/C24H14NO2.O.Sb/c1-2-7-18(8-3-1)25-19-9-4-11-21(15-19)26-23-13-6-14-24(17-23)27-22-12-5-10-20(25)16-22;;/h1-14H;;. The molecule has 0 atom stereocenters. The summed E-state index contributed by atoms with van der Waals surface area (Å²) in [4.78, 5) is 2.17. The van der Waals surface area contributed by atoms with Gasteiger partial charge in [-0.2, -0.15) is 0 Å². The van der Waals surface area contributed by atoms with Crippen LogP contribution in [0.4, 0.5) is 17.1 Å². The molecule has 0 fully saturated rings. The number of benzene rings is 4. The summed E-state index contributed by atoms with van der Waals surface area (Å²) in [6.45, 7) is 0. The number of para-hydroxylation sites is 1. The third-order valence-electron chi connectivity index (χ3n) is 5.80. The van der Waals surface area contributed by atoms with Crippen LogP contribution in [-0.4, -0.2) is 18.8 Å². The van der Waals surface area contributed by atoms with Gasteiger partial charge in [0.25, 0.3) is 0 Å². The van der Waals surface area contributed by atoms with Crippen LogP contribution in [0, 0.1) is 0 Å². The zero-order valence-electron chi connectivity index (χ0n) is 15.2. The fraction of sp³-hybridized carbons (Fsp3) is 0. The maximum absolute atomic E-state index is 15.1. The molecule has 4 nitrogen and oxygen atoms in total. The van der Waals surface area contributed by atoms with E-state index < -0.39 is 18.8 Å². The molecule has 4 aromatic carbocycles. The molecule has 0 N–H and O–H groups in total. The summed E-state index contributed by atoms with van der Waals surface area (Å²) < 4.78 is 30.0. The van der Waals surface area contributed by atoms with Crippen LogP contribution in [0.25, 0.3) is 0 Å². The summed E-state index contributed by atoms with van der Waals surface area (Å²) in [5, 5.41) is 0. The number of ether oxygens (including phenoxy) is 2. The van der Waals surface area contributed by atoms with Gasteiger partial charge in [0.05, 0.1) is 0 Å². The summed E-state index contributed by atoms with van der Waals surface area (Å²) in [5.41, 5.74) is 2.88. The Balaban J connectivity index is 1.68. The molecule has 0 saturated carbocycles. The zero-order valence-corrected chi connectivity index (χ0v) is 17.8. The SMILES string of the molecule is [O]=[Sb]12[c]3c4cccc3Oc3cccc([c]31)N(c1ccccc1)c1cccc([c]12)O4. The van der Waals surface area contributed by atoms with E-state index >= 15 is 3.02 Å². The monoisotopic (exact) mass is 485 g/mol. The van der Waals surface area contributed by atoms with Crippen LogP contribution in [-0.2, 0) is 3.02 Å². The van der Waals surface area contributed by atoms with Crippen LogP contribution in [0.2, 0.25) is 0 Å². The molecule has 0 saturated heterocycles. The molecule has 5 heteroatoms. The van der Waals surface area contributed by atoms with E-state index in [0.717, 1.165) is 27.6 Å². The van der Waals surface area contributed by atoms with Gasteiger partial charge >= 0.3 is 172 Å². The van der Waals surface area contributed by atoms with Crippen molar-refractivity contribution in [3.8, 4) is 23.0 Å². The van der Waals surface area contributed by atoms with E-state index in [4.69, 9.17) is 9.47 Å². The summed E-state index contributed by atoms with van der Waals surface area (Å²) in [7, 11) is 0. The molecule has 138 valence electrons. The van der Waals surface area contributed by atoms with E-state index in [1.165, 1.54) is 0 Å². The van der Waals surface area contributed by atoms with Gasteiger partial charge in [0.1, 0.15) is 0 Å². The molecule has 0 aromatic heterocycles. The van der Waals surface area contributed by atoms with Gasteiger partial charge in [0.15, 0.2) is 0 Å². The van der Waals surface area contributed by atoms with Crippen LogP contribution >= 0.6 is 0 Å². The minimum atomic E-state index is -4.38. The molecule has 4 aromatic rings. The van der Waals surface area contributed by atoms with E-state index in [0.29, 0.717) is 23.0 Å². The minimum absolute atomic E-state index is 0.654.